The lowest BCUT2D eigenvalue weighted by Crippen LogP contribution is -2.41. The van der Waals surface area contributed by atoms with Crippen molar-refractivity contribution in [2.24, 2.45) is 5.92 Å². The molecule has 0 spiro atoms. The standard InChI is InChI=1S/C12H24N2O/c1-4-7-14(8-11-5-6-11)9-12(15)13-10(2)3/h10-11H,4-9H2,1-3H3,(H,13,15). The highest BCUT2D eigenvalue weighted by Gasteiger charge is 2.24. The van der Waals surface area contributed by atoms with Gasteiger partial charge in [-0.25, -0.2) is 0 Å². The summed E-state index contributed by atoms with van der Waals surface area (Å²) in [5.74, 6) is 1.03. The fourth-order valence-corrected chi connectivity index (χ4v) is 1.79. The zero-order chi connectivity index (χ0) is 11.3. The number of carbonyl (C=O) groups excluding carboxylic acids is 1. The topological polar surface area (TPSA) is 32.3 Å². The van der Waals surface area contributed by atoms with Gasteiger partial charge in [0.2, 0.25) is 5.91 Å². The highest BCUT2D eigenvalue weighted by Crippen LogP contribution is 2.29. The molecule has 0 aromatic carbocycles. The lowest BCUT2D eigenvalue weighted by Gasteiger charge is -2.21. The van der Waals surface area contributed by atoms with Crippen LogP contribution in [0.3, 0.4) is 0 Å². The molecule has 0 unspecified atom stereocenters. The second-order valence-electron chi connectivity index (χ2n) is 4.90. The molecule has 15 heavy (non-hydrogen) atoms. The fraction of sp³-hybridized carbons (Fsp3) is 0.917. The lowest BCUT2D eigenvalue weighted by atomic mass is 10.3. The minimum absolute atomic E-state index is 0.166. The summed E-state index contributed by atoms with van der Waals surface area (Å²) in [4.78, 5) is 13.9. The summed E-state index contributed by atoms with van der Waals surface area (Å²) >= 11 is 0. The first kappa shape index (κ1) is 12.5. The molecule has 1 N–H and O–H groups in total. The van der Waals surface area contributed by atoms with Crippen molar-refractivity contribution in [1.82, 2.24) is 10.2 Å². The van der Waals surface area contributed by atoms with E-state index in [1.165, 1.54) is 12.8 Å². The van der Waals surface area contributed by atoms with Crippen LogP contribution in [0.5, 0.6) is 0 Å². The molecular formula is C12H24N2O. The first-order valence-electron chi connectivity index (χ1n) is 6.13. The maximum absolute atomic E-state index is 11.6. The zero-order valence-electron chi connectivity index (χ0n) is 10.3. The number of amides is 1. The van der Waals surface area contributed by atoms with Gasteiger partial charge in [0, 0.05) is 12.6 Å². The average Bonchev–Trinajstić information content (AvgIpc) is 2.86. The van der Waals surface area contributed by atoms with Crippen molar-refractivity contribution in [3.63, 3.8) is 0 Å². The molecule has 1 aliphatic carbocycles. The molecule has 3 heteroatoms. The number of hydrogen-bond acceptors (Lipinski definition) is 2. The average molecular weight is 212 g/mol. The Kier molecular flexibility index (Phi) is 5.09. The smallest absolute Gasteiger partial charge is 0.234 e. The Labute approximate surface area is 93.2 Å². The Bertz CT molecular complexity index is 200. The van der Waals surface area contributed by atoms with Crippen LogP contribution in [0.25, 0.3) is 0 Å². The van der Waals surface area contributed by atoms with E-state index in [2.05, 4.69) is 17.1 Å². The van der Waals surface area contributed by atoms with Gasteiger partial charge < -0.3 is 5.32 Å². The maximum atomic E-state index is 11.6. The molecule has 0 saturated heterocycles. The molecular weight excluding hydrogens is 188 g/mol. The molecule has 1 amide bonds. The molecule has 0 atom stereocenters. The lowest BCUT2D eigenvalue weighted by molar-refractivity contribution is -0.122. The van der Waals surface area contributed by atoms with E-state index < -0.39 is 0 Å². The molecule has 1 aliphatic rings. The predicted octanol–water partition coefficient (Wildman–Crippen LogP) is 1.63. The molecule has 3 nitrogen and oxygen atoms in total. The van der Waals surface area contributed by atoms with Crippen LogP contribution in [-0.4, -0.2) is 36.5 Å². The highest BCUT2D eigenvalue weighted by molar-refractivity contribution is 5.78. The number of hydrogen-bond donors (Lipinski definition) is 1. The van der Waals surface area contributed by atoms with Crippen LogP contribution in [-0.2, 0) is 4.79 Å². The molecule has 1 saturated carbocycles. The second-order valence-corrected chi connectivity index (χ2v) is 4.90. The molecule has 0 heterocycles. The minimum atomic E-state index is 0.166. The van der Waals surface area contributed by atoms with Gasteiger partial charge in [0.15, 0.2) is 0 Å². The van der Waals surface area contributed by atoms with Crippen molar-refractivity contribution < 1.29 is 4.79 Å². The van der Waals surface area contributed by atoms with Crippen molar-refractivity contribution in [1.29, 1.82) is 0 Å². The third kappa shape index (κ3) is 5.78. The molecule has 1 fully saturated rings. The van der Waals surface area contributed by atoms with Gasteiger partial charge in [-0.1, -0.05) is 6.92 Å². The second kappa shape index (κ2) is 6.11. The fourth-order valence-electron chi connectivity index (χ4n) is 1.79. The molecule has 88 valence electrons. The number of nitrogens with zero attached hydrogens (tertiary/aromatic N) is 1. The van der Waals surface area contributed by atoms with Crippen LogP contribution in [0, 0.1) is 5.92 Å². The molecule has 0 radical (unpaired) electrons. The largest absolute Gasteiger partial charge is 0.353 e. The van der Waals surface area contributed by atoms with E-state index in [1.54, 1.807) is 0 Å². The molecule has 1 rings (SSSR count). The quantitative estimate of drug-likeness (QED) is 0.695. The van der Waals surface area contributed by atoms with Crippen LogP contribution in [0.15, 0.2) is 0 Å². The third-order valence-electron chi connectivity index (χ3n) is 2.57. The first-order chi connectivity index (χ1) is 7.11. The SMILES string of the molecule is CCCN(CC(=O)NC(C)C)CC1CC1. The van der Waals surface area contributed by atoms with Gasteiger partial charge in [-0.2, -0.15) is 0 Å². The summed E-state index contributed by atoms with van der Waals surface area (Å²) in [7, 11) is 0. The number of carbonyl (C=O) groups is 1. The van der Waals surface area contributed by atoms with E-state index in [1.807, 2.05) is 13.8 Å². The van der Waals surface area contributed by atoms with Gasteiger partial charge in [-0.3, -0.25) is 9.69 Å². The number of nitrogens with one attached hydrogen (secondary N) is 1. The zero-order valence-corrected chi connectivity index (χ0v) is 10.3. The Hall–Kier alpha value is -0.570. The first-order valence-corrected chi connectivity index (χ1v) is 6.13. The van der Waals surface area contributed by atoms with E-state index in [4.69, 9.17) is 0 Å². The summed E-state index contributed by atoms with van der Waals surface area (Å²) < 4.78 is 0. The van der Waals surface area contributed by atoms with Crippen molar-refractivity contribution in [3.05, 3.63) is 0 Å². The van der Waals surface area contributed by atoms with Gasteiger partial charge in [-0.05, 0) is 45.6 Å². The van der Waals surface area contributed by atoms with E-state index >= 15 is 0 Å². The summed E-state index contributed by atoms with van der Waals surface area (Å²) in [5.41, 5.74) is 0. The van der Waals surface area contributed by atoms with Crippen LogP contribution >= 0.6 is 0 Å². The van der Waals surface area contributed by atoms with Crippen LogP contribution in [0.4, 0.5) is 0 Å². The van der Waals surface area contributed by atoms with Crippen molar-refractivity contribution in [2.45, 2.75) is 46.1 Å². The monoisotopic (exact) mass is 212 g/mol. The maximum Gasteiger partial charge on any atom is 0.234 e. The van der Waals surface area contributed by atoms with Gasteiger partial charge in [0.25, 0.3) is 0 Å². The van der Waals surface area contributed by atoms with Gasteiger partial charge in [0.1, 0.15) is 0 Å². The summed E-state index contributed by atoms with van der Waals surface area (Å²) in [6.45, 7) is 8.90. The highest BCUT2D eigenvalue weighted by atomic mass is 16.2. The van der Waals surface area contributed by atoms with E-state index in [0.717, 1.165) is 25.4 Å². The third-order valence-corrected chi connectivity index (χ3v) is 2.57. The van der Waals surface area contributed by atoms with Crippen LogP contribution < -0.4 is 5.32 Å². The molecule has 0 aliphatic heterocycles. The van der Waals surface area contributed by atoms with E-state index in [9.17, 15) is 4.79 Å². The van der Waals surface area contributed by atoms with Crippen LogP contribution in [0.2, 0.25) is 0 Å². The minimum Gasteiger partial charge on any atom is -0.353 e. The normalized spacial score (nSPS) is 16.1. The van der Waals surface area contributed by atoms with Crippen molar-refractivity contribution in [2.75, 3.05) is 19.6 Å². The summed E-state index contributed by atoms with van der Waals surface area (Å²) in [5, 5.41) is 2.94. The van der Waals surface area contributed by atoms with Gasteiger partial charge in [-0.15, -0.1) is 0 Å². The summed E-state index contributed by atoms with van der Waals surface area (Å²) in [6, 6.07) is 0.252. The van der Waals surface area contributed by atoms with Gasteiger partial charge in [0.05, 0.1) is 6.54 Å². The molecule has 0 aromatic heterocycles. The Morgan fingerprint density at radius 2 is 2.13 bits per heavy atom. The number of rotatable bonds is 7. The van der Waals surface area contributed by atoms with Crippen molar-refractivity contribution in [3.8, 4) is 0 Å². The Balaban J connectivity index is 2.25. The Morgan fingerprint density at radius 1 is 1.47 bits per heavy atom. The Morgan fingerprint density at radius 3 is 2.60 bits per heavy atom. The van der Waals surface area contributed by atoms with Gasteiger partial charge >= 0.3 is 0 Å². The van der Waals surface area contributed by atoms with Crippen LogP contribution in [0.1, 0.15) is 40.0 Å². The predicted molar refractivity (Wildman–Crippen MR) is 62.7 cm³/mol. The van der Waals surface area contributed by atoms with E-state index in [-0.39, 0.29) is 11.9 Å². The summed E-state index contributed by atoms with van der Waals surface area (Å²) in [6.07, 6.45) is 3.83. The molecule has 0 bridgehead atoms. The van der Waals surface area contributed by atoms with E-state index in [0.29, 0.717) is 6.54 Å². The van der Waals surface area contributed by atoms with Crippen molar-refractivity contribution >= 4 is 5.91 Å². The molecule has 0 aromatic rings.